The molecule has 0 amide bonds. The van der Waals surface area contributed by atoms with Crippen molar-refractivity contribution in [3.05, 3.63) is 344 Å². The number of thiophene rings is 2. The Bertz CT molecular complexity index is 6370. The summed E-state index contributed by atoms with van der Waals surface area (Å²) >= 11 is 6.92. The fourth-order valence-corrected chi connectivity index (χ4v) is 16.7. The van der Waals surface area contributed by atoms with Gasteiger partial charge in [0, 0.05) is 122 Å². The molecule has 0 radical (unpaired) electrons. The van der Waals surface area contributed by atoms with Gasteiger partial charge >= 0.3 is 7.12 Å². The van der Waals surface area contributed by atoms with E-state index in [4.69, 9.17) is 24.9 Å². The Morgan fingerprint density at radius 2 is 0.538 bits per heavy atom. The van der Waals surface area contributed by atoms with Crippen LogP contribution in [0.5, 0.6) is 0 Å². The molecule has 0 saturated carbocycles. The van der Waals surface area contributed by atoms with Crippen LogP contribution in [0, 0.1) is 0 Å². The number of benzene rings is 14. The summed E-state index contributed by atoms with van der Waals surface area (Å²) in [6, 6.07) is 117. The molecule has 0 bridgehead atoms. The summed E-state index contributed by atoms with van der Waals surface area (Å²) in [5.41, 5.74) is 15.3. The molecule has 492 valence electrons. The Kier molecular flexibility index (Phi) is 16.9. The van der Waals surface area contributed by atoms with E-state index < -0.39 is 7.12 Å². The first-order valence-electron chi connectivity index (χ1n) is 34.1. The Morgan fingerprint density at radius 3 is 0.904 bits per heavy atom. The predicted molar refractivity (Wildman–Crippen MR) is 436 cm³/mol. The Labute approximate surface area is 614 Å². The van der Waals surface area contributed by atoms with Crippen molar-refractivity contribution in [1.29, 1.82) is 0 Å². The van der Waals surface area contributed by atoms with Crippen LogP contribution in [0.2, 0.25) is 0 Å². The van der Waals surface area contributed by atoms with E-state index in [-0.39, 0.29) is 0 Å². The van der Waals surface area contributed by atoms with E-state index in [2.05, 4.69) is 194 Å². The molecular weight excluding hydrogens is 1380 g/mol. The van der Waals surface area contributed by atoms with Gasteiger partial charge < -0.3 is 19.2 Å². The van der Waals surface area contributed by atoms with Gasteiger partial charge in [-0.25, -0.2) is 29.9 Å². The van der Waals surface area contributed by atoms with Gasteiger partial charge in [-0.15, -0.1) is 22.7 Å². The molecule has 0 aliphatic heterocycles. The summed E-state index contributed by atoms with van der Waals surface area (Å²) in [6.45, 7) is 0. The number of hydrogen-bond acceptors (Lipinski definition) is 10. The number of nitrogens with zero attached hydrogens (tertiary/aromatic N) is 8. The molecule has 6 heterocycles. The first kappa shape index (κ1) is 63.8. The van der Waals surface area contributed by atoms with E-state index in [9.17, 15) is 10.0 Å². The van der Waals surface area contributed by atoms with E-state index in [1.807, 2.05) is 187 Å². The summed E-state index contributed by atoms with van der Waals surface area (Å²) in [6.07, 6.45) is 0. The molecule has 0 fully saturated rings. The Balaban J connectivity index is 0.000000121. The summed E-state index contributed by atoms with van der Waals surface area (Å²) in [5.74, 6) is 3.98. The van der Waals surface area contributed by atoms with E-state index in [0.717, 1.165) is 86.0 Å². The number of aromatic nitrogens is 8. The quantitative estimate of drug-likeness (QED) is 0.130. The van der Waals surface area contributed by atoms with Crippen LogP contribution < -0.4 is 5.46 Å². The summed E-state index contributed by atoms with van der Waals surface area (Å²) in [5, 5.41) is 29.9. The predicted octanol–water partition coefficient (Wildman–Crippen LogP) is 22.5. The molecule has 2 N–H and O–H groups in total. The normalized spacial score (nSPS) is 11.4. The molecule has 14 heteroatoms. The smallest absolute Gasteiger partial charge is 0.423 e. The summed E-state index contributed by atoms with van der Waals surface area (Å²) in [4.78, 5) is 28.9. The van der Waals surface area contributed by atoms with Gasteiger partial charge in [-0.3, -0.25) is 0 Å². The fourth-order valence-electron chi connectivity index (χ4n) is 14.0. The van der Waals surface area contributed by atoms with Gasteiger partial charge in [0.2, 0.25) is 0 Å². The molecule has 6 aromatic heterocycles. The number of rotatable bonds is 10. The van der Waals surface area contributed by atoms with E-state index in [1.54, 1.807) is 11.3 Å². The molecular formula is C90H58BBrN8O2S2. The van der Waals surface area contributed by atoms with Crippen LogP contribution in [0.15, 0.2) is 344 Å². The topological polar surface area (TPSA) is 128 Å². The van der Waals surface area contributed by atoms with Crippen LogP contribution in [0.25, 0.3) is 175 Å². The first-order chi connectivity index (χ1) is 51.3. The van der Waals surface area contributed by atoms with Crippen molar-refractivity contribution in [2.24, 2.45) is 0 Å². The van der Waals surface area contributed by atoms with Crippen molar-refractivity contribution >= 4 is 135 Å². The molecule has 104 heavy (non-hydrogen) atoms. The molecule has 0 aliphatic carbocycles. The molecule has 10 nitrogen and oxygen atoms in total. The number of halogens is 1. The molecule has 0 unspecified atom stereocenters. The minimum Gasteiger partial charge on any atom is -0.423 e. The molecule has 14 aromatic carbocycles. The molecule has 0 saturated heterocycles. The zero-order chi connectivity index (χ0) is 69.6. The van der Waals surface area contributed by atoms with Crippen molar-refractivity contribution in [2.75, 3.05) is 0 Å². The monoisotopic (exact) mass is 1440 g/mol. The molecule has 20 aromatic rings. The number of fused-ring (bicyclic) bond motifs is 12. The highest BCUT2D eigenvalue weighted by Gasteiger charge is 2.23. The lowest BCUT2D eigenvalue weighted by atomic mass is 9.79. The zero-order valence-electron chi connectivity index (χ0n) is 55.6. The highest BCUT2D eigenvalue weighted by Crippen LogP contribution is 2.44. The third-order valence-electron chi connectivity index (χ3n) is 18.9. The number of hydrogen-bond donors (Lipinski definition) is 2. The second-order valence-electron chi connectivity index (χ2n) is 25.3. The average molecular weight is 1440 g/mol. The lowest BCUT2D eigenvalue weighted by Gasteiger charge is -2.13. The Morgan fingerprint density at radius 1 is 0.260 bits per heavy atom. The lowest BCUT2D eigenvalue weighted by Crippen LogP contribution is -2.30. The third kappa shape index (κ3) is 12.1. The van der Waals surface area contributed by atoms with Crippen molar-refractivity contribution in [2.45, 2.75) is 0 Å². The van der Waals surface area contributed by atoms with Crippen LogP contribution >= 0.6 is 38.6 Å². The second kappa shape index (κ2) is 27.5. The first-order valence-corrected chi connectivity index (χ1v) is 36.6. The summed E-state index contributed by atoms with van der Waals surface area (Å²) < 4.78 is 10.3. The lowest BCUT2D eigenvalue weighted by molar-refractivity contribution is 0.426. The SMILES string of the molecule is Brc1ccc(-c2nc(-c3ccccc3)nc(-c3ccccc3)n2)cc1.OB(O)c1cc(-n2c3ccccc3c3ccccc32)cc2c1sc1ccccc12.c1ccc(-c2nc(-c3ccccc3)nc(-c3ccc(-c4cc(-n5c6ccccc6c6ccccc65)cc5c4sc4ccccc45)cc3)n2)cc1. The van der Waals surface area contributed by atoms with E-state index in [0.29, 0.717) is 40.4 Å². The molecule has 20 rings (SSSR count). The van der Waals surface area contributed by atoms with Crippen molar-refractivity contribution in [1.82, 2.24) is 39.0 Å². The molecule has 0 spiro atoms. The van der Waals surface area contributed by atoms with Gasteiger partial charge in [-0.05, 0) is 78.4 Å². The average Bonchev–Trinajstić information content (AvgIpc) is 1.58. The van der Waals surface area contributed by atoms with Crippen molar-refractivity contribution < 1.29 is 10.0 Å². The van der Waals surface area contributed by atoms with Gasteiger partial charge in [-0.1, -0.05) is 283 Å². The maximum absolute atomic E-state index is 10.1. The third-order valence-corrected chi connectivity index (χ3v) is 21.8. The fraction of sp³-hybridized carbons (Fsp3) is 0. The molecule has 0 atom stereocenters. The maximum Gasteiger partial charge on any atom is 0.489 e. The minimum absolute atomic E-state index is 0.542. The van der Waals surface area contributed by atoms with Gasteiger partial charge in [0.25, 0.3) is 0 Å². The van der Waals surface area contributed by atoms with Gasteiger partial charge in [-0.2, -0.15) is 0 Å². The van der Waals surface area contributed by atoms with Crippen LogP contribution in [0.1, 0.15) is 0 Å². The van der Waals surface area contributed by atoms with Crippen molar-refractivity contribution in [3.63, 3.8) is 0 Å². The Hall–Kier alpha value is -12.4. The van der Waals surface area contributed by atoms with Crippen LogP contribution in [-0.4, -0.2) is 56.2 Å². The summed E-state index contributed by atoms with van der Waals surface area (Å²) in [7, 11) is -1.53. The largest absolute Gasteiger partial charge is 0.489 e. The standard InChI is InChI=1S/C45H28N4S.C24H16BNO2S.C21H14BrN3/c1-3-13-30(14-4-1)43-46-44(31-15-5-2-6-16-31)48-45(47-43)32-25-23-29(24-26-32)37-27-33(28-38-36-19-9-12-22-41(36)50-42(37)38)49-39-20-10-7-17-34(39)35-18-8-11-21-40(35)49;27-25(28)20-14-15(13-19-18-9-3-6-12-23(18)29-24(19)20)26-21-10-4-1-7-16(21)17-8-2-5-11-22(17)26;22-18-13-11-17(12-14-18)21-24-19(15-7-3-1-4-8-15)23-20(25-21)16-9-5-2-6-10-16/h1-28H;1-14,27-28H;1-14H. The van der Waals surface area contributed by atoms with E-state index in [1.165, 1.54) is 58.3 Å². The minimum atomic E-state index is -1.53. The van der Waals surface area contributed by atoms with Crippen LogP contribution in [0.4, 0.5) is 0 Å². The van der Waals surface area contributed by atoms with Crippen molar-refractivity contribution in [3.8, 4) is 90.8 Å². The highest BCUT2D eigenvalue weighted by molar-refractivity contribution is 9.10. The second-order valence-corrected chi connectivity index (χ2v) is 28.3. The maximum atomic E-state index is 10.1. The van der Waals surface area contributed by atoms with Crippen LogP contribution in [0.3, 0.4) is 0 Å². The van der Waals surface area contributed by atoms with Gasteiger partial charge in [0.15, 0.2) is 34.9 Å². The van der Waals surface area contributed by atoms with Crippen LogP contribution in [-0.2, 0) is 0 Å². The molecule has 0 aliphatic rings. The van der Waals surface area contributed by atoms with Gasteiger partial charge in [0.1, 0.15) is 0 Å². The zero-order valence-corrected chi connectivity index (χ0v) is 58.8. The highest BCUT2D eigenvalue weighted by atomic mass is 79.9. The number of para-hydroxylation sites is 4. The van der Waals surface area contributed by atoms with Gasteiger partial charge in [0.05, 0.1) is 22.1 Å². The van der Waals surface area contributed by atoms with E-state index >= 15 is 0 Å².